The van der Waals surface area contributed by atoms with Crippen LogP contribution in [0.4, 0.5) is 5.13 Å². The van der Waals surface area contributed by atoms with Gasteiger partial charge in [0, 0.05) is 30.7 Å². The summed E-state index contributed by atoms with van der Waals surface area (Å²) in [4.78, 5) is 7.74. The Balaban J connectivity index is 1.91. The van der Waals surface area contributed by atoms with Crippen LogP contribution in [0.3, 0.4) is 0 Å². The van der Waals surface area contributed by atoms with Gasteiger partial charge in [-0.2, -0.15) is 0 Å². The number of rotatable bonds is 5. The summed E-state index contributed by atoms with van der Waals surface area (Å²) in [7, 11) is -2.85. The maximum absolute atomic E-state index is 11.6. The van der Waals surface area contributed by atoms with Gasteiger partial charge in [0.1, 0.15) is 0 Å². The van der Waals surface area contributed by atoms with Gasteiger partial charge in [-0.15, -0.1) is 11.3 Å². The van der Waals surface area contributed by atoms with E-state index in [1.165, 1.54) is 4.88 Å². The summed E-state index contributed by atoms with van der Waals surface area (Å²) < 4.78 is 23.2. The Morgan fingerprint density at radius 2 is 2.20 bits per heavy atom. The molecule has 2 rings (SSSR count). The van der Waals surface area contributed by atoms with Crippen molar-refractivity contribution in [3.05, 3.63) is 11.1 Å². The van der Waals surface area contributed by atoms with E-state index in [4.69, 9.17) is 0 Å². The minimum atomic E-state index is -2.85. The first kappa shape index (κ1) is 15.7. The van der Waals surface area contributed by atoms with Crippen LogP contribution < -0.4 is 10.2 Å². The molecule has 0 amide bonds. The molecule has 7 heteroatoms. The molecule has 1 aromatic rings. The normalized spacial score (nSPS) is 19.2. The molecule has 1 N–H and O–H groups in total. The second kappa shape index (κ2) is 6.87. The van der Waals surface area contributed by atoms with Gasteiger partial charge in [-0.1, -0.05) is 13.8 Å². The Kier molecular flexibility index (Phi) is 5.40. The van der Waals surface area contributed by atoms with Crippen molar-refractivity contribution in [2.24, 2.45) is 5.92 Å². The number of hydrogen-bond acceptors (Lipinski definition) is 6. The average Bonchev–Trinajstić information content (AvgIpc) is 2.74. The fraction of sp³-hybridized carbons (Fsp3) is 0.769. The van der Waals surface area contributed by atoms with Crippen LogP contribution in [0.5, 0.6) is 0 Å². The molecule has 0 radical (unpaired) electrons. The van der Waals surface area contributed by atoms with Crippen LogP contribution in [0, 0.1) is 5.92 Å². The molecule has 0 unspecified atom stereocenters. The summed E-state index contributed by atoms with van der Waals surface area (Å²) in [6.07, 6.45) is 2.59. The van der Waals surface area contributed by atoms with Crippen LogP contribution in [-0.2, 0) is 16.4 Å². The second-order valence-electron chi connectivity index (χ2n) is 5.63. The zero-order valence-corrected chi connectivity index (χ0v) is 13.8. The summed E-state index contributed by atoms with van der Waals surface area (Å²) in [6, 6.07) is 0. The average molecular weight is 317 g/mol. The SMILES string of the molecule is CC(C)CNCc1cnc(N2CCCS(=O)(=O)CC2)s1. The first-order chi connectivity index (χ1) is 9.46. The molecule has 0 bridgehead atoms. The van der Waals surface area contributed by atoms with E-state index < -0.39 is 9.84 Å². The molecule has 0 atom stereocenters. The summed E-state index contributed by atoms with van der Waals surface area (Å²) in [5.74, 6) is 1.18. The van der Waals surface area contributed by atoms with Crippen LogP contribution in [0.15, 0.2) is 6.20 Å². The van der Waals surface area contributed by atoms with Crippen molar-refractivity contribution < 1.29 is 8.42 Å². The molecule has 5 nitrogen and oxygen atoms in total. The highest BCUT2D eigenvalue weighted by Gasteiger charge is 2.20. The lowest BCUT2D eigenvalue weighted by atomic mass is 10.2. The number of anilines is 1. The first-order valence-corrected chi connectivity index (χ1v) is 9.71. The van der Waals surface area contributed by atoms with E-state index in [0.29, 0.717) is 24.6 Å². The van der Waals surface area contributed by atoms with Gasteiger partial charge in [0.25, 0.3) is 0 Å². The van der Waals surface area contributed by atoms with Gasteiger partial charge in [0.05, 0.1) is 11.5 Å². The standard InChI is InChI=1S/C13H23N3O2S2/c1-11(2)8-14-9-12-10-15-13(19-12)16-4-3-6-20(17,18)7-5-16/h10-11,14H,3-9H2,1-2H3. The summed E-state index contributed by atoms with van der Waals surface area (Å²) >= 11 is 1.66. The van der Waals surface area contributed by atoms with Crippen molar-refractivity contribution in [3.63, 3.8) is 0 Å². The third-order valence-corrected chi connectivity index (χ3v) is 5.99. The van der Waals surface area contributed by atoms with E-state index in [9.17, 15) is 8.42 Å². The van der Waals surface area contributed by atoms with Crippen molar-refractivity contribution >= 4 is 26.3 Å². The van der Waals surface area contributed by atoms with Crippen molar-refractivity contribution in [2.75, 3.05) is 36.0 Å². The molecule has 1 aromatic heterocycles. The van der Waals surface area contributed by atoms with Gasteiger partial charge >= 0.3 is 0 Å². The third-order valence-electron chi connectivity index (χ3n) is 3.22. The predicted octanol–water partition coefficient (Wildman–Crippen LogP) is 1.51. The Morgan fingerprint density at radius 1 is 1.40 bits per heavy atom. The zero-order chi connectivity index (χ0) is 14.6. The van der Waals surface area contributed by atoms with Crippen LogP contribution in [-0.4, -0.2) is 44.5 Å². The molecule has 0 saturated carbocycles. The van der Waals surface area contributed by atoms with E-state index in [1.54, 1.807) is 11.3 Å². The molecule has 0 spiro atoms. The van der Waals surface area contributed by atoms with E-state index in [-0.39, 0.29) is 5.75 Å². The summed E-state index contributed by atoms with van der Waals surface area (Å²) in [5.41, 5.74) is 0. The fourth-order valence-corrected chi connectivity index (χ4v) is 4.34. The second-order valence-corrected chi connectivity index (χ2v) is 9.02. The highest BCUT2D eigenvalue weighted by Crippen LogP contribution is 2.23. The van der Waals surface area contributed by atoms with Gasteiger partial charge in [0.15, 0.2) is 15.0 Å². The number of aromatic nitrogens is 1. The van der Waals surface area contributed by atoms with Crippen LogP contribution in [0.1, 0.15) is 25.1 Å². The van der Waals surface area contributed by atoms with E-state index in [1.807, 2.05) is 6.20 Å². The van der Waals surface area contributed by atoms with Crippen molar-refractivity contribution in [2.45, 2.75) is 26.8 Å². The number of sulfone groups is 1. The summed E-state index contributed by atoms with van der Waals surface area (Å²) in [5, 5.41) is 4.35. The fourth-order valence-electron chi connectivity index (χ4n) is 2.14. The highest BCUT2D eigenvalue weighted by atomic mass is 32.2. The number of nitrogens with one attached hydrogen (secondary N) is 1. The smallest absolute Gasteiger partial charge is 0.185 e. The van der Waals surface area contributed by atoms with Gasteiger partial charge in [-0.3, -0.25) is 0 Å². The Morgan fingerprint density at radius 3 is 2.95 bits per heavy atom. The van der Waals surface area contributed by atoms with Crippen molar-refractivity contribution in [3.8, 4) is 0 Å². The van der Waals surface area contributed by atoms with E-state index in [0.717, 1.165) is 24.8 Å². The minimum Gasteiger partial charge on any atom is -0.347 e. The lowest BCUT2D eigenvalue weighted by molar-refractivity contribution is 0.554. The molecular weight excluding hydrogens is 294 g/mol. The molecule has 20 heavy (non-hydrogen) atoms. The molecule has 2 heterocycles. The zero-order valence-electron chi connectivity index (χ0n) is 12.1. The quantitative estimate of drug-likeness (QED) is 0.892. The lowest BCUT2D eigenvalue weighted by Gasteiger charge is -2.17. The van der Waals surface area contributed by atoms with Gasteiger partial charge in [0.2, 0.25) is 0 Å². The van der Waals surface area contributed by atoms with Crippen LogP contribution in [0.2, 0.25) is 0 Å². The van der Waals surface area contributed by atoms with Crippen molar-refractivity contribution in [1.82, 2.24) is 10.3 Å². The molecule has 1 fully saturated rings. The Labute approximate surface area is 125 Å². The van der Waals surface area contributed by atoms with E-state index in [2.05, 4.69) is 29.0 Å². The molecule has 0 aromatic carbocycles. The van der Waals surface area contributed by atoms with E-state index >= 15 is 0 Å². The highest BCUT2D eigenvalue weighted by molar-refractivity contribution is 7.91. The molecule has 1 aliphatic rings. The third kappa shape index (κ3) is 4.71. The maximum atomic E-state index is 11.6. The first-order valence-electron chi connectivity index (χ1n) is 7.07. The lowest BCUT2D eigenvalue weighted by Crippen LogP contribution is -2.26. The molecular formula is C13H23N3O2S2. The summed E-state index contributed by atoms with van der Waals surface area (Å²) in [6.45, 7) is 7.54. The molecule has 0 aliphatic carbocycles. The molecule has 1 saturated heterocycles. The van der Waals surface area contributed by atoms with Gasteiger partial charge in [-0.05, 0) is 18.9 Å². The van der Waals surface area contributed by atoms with Crippen LogP contribution in [0.25, 0.3) is 0 Å². The predicted molar refractivity (Wildman–Crippen MR) is 84.1 cm³/mol. The maximum Gasteiger partial charge on any atom is 0.185 e. The molecule has 1 aliphatic heterocycles. The number of thiazole rings is 1. The largest absolute Gasteiger partial charge is 0.347 e. The number of nitrogens with zero attached hydrogens (tertiary/aromatic N) is 2. The van der Waals surface area contributed by atoms with Gasteiger partial charge < -0.3 is 10.2 Å². The number of hydrogen-bond donors (Lipinski definition) is 1. The topological polar surface area (TPSA) is 62.3 Å². The van der Waals surface area contributed by atoms with Crippen molar-refractivity contribution in [1.29, 1.82) is 0 Å². The Bertz CT molecular complexity index is 525. The monoisotopic (exact) mass is 317 g/mol. The minimum absolute atomic E-state index is 0.244. The van der Waals surface area contributed by atoms with Crippen LogP contribution >= 0.6 is 11.3 Å². The Hall–Kier alpha value is -0.660. The van der Waals surface area contributed by atoms with Gasteiger partial charge in [-0.25, -0.2) is 13.4 Å². The molecule has 114 valence electrons.